The first-order valence-corrected chi connectivity index (χ1v) is 6.61. The Hall–Kier alpha value is -3.16. The molecule has 3 aromatic heterocycles. The van der Waals surface area contributed by atoms with Gasteiger partial charge >= 0.3 is 5.97 Å². The van der Waals surface area contributed by atoms with Crippen LogP contribution in [0.1, 0.15) is 10.5 Å². The smallest absolute Gasteiger partial charge is 0.352 e. The summed E-state index contributed by atoms with van der Waals surface area (Å²) in [5, 5.41) is 12.7. The lowest BCUT2D eigenvalue weighted by Crippen LogP contribution is -2.22. The fourth-order valence-corrected chi connectivity index (χ4v) is 2.14. The number of aromatic carboxylic acids is 1. The van der Waals surface area contributed by atoms with Gasteiger partial charge in [-0.2, -0.15) is 0 Å². The van der Waals surface area contributed by atoms with Gasteiger partial charge in [0.25, 0.3) is 5.56 Å². The number of carbonyl (C=O) groups is 1. The maximum Gasteiger partial charge on any atom is 0.352 e. The molecule has 0 saturated carbocycles. The molecule has 3 rings (SSSR count). The molecule has 3 aromatic rings. The Labute approximate surface area is 124 Å². The quantitative estimate of drug-likeness (QED) is 0.646. The normalized spacial score (nSPS) is 10.7. The molecule has 0 unspecified atom stereocenters. The molecule has 0 aliphatic carbocycles. The number of hydrogen-bond donors (Lipinski definition) is 3. The lowest BCUT2D eigenvalue weighted by molar-refractivity contribution is 0.0691. The molecule has 8 nitrogen and oxygen atoms in total. The Bertz CT molecular complexity index is 883. The maximum absolute atomic E-state index is 11.6. The number of fused-ring (bicyclic) bond motifs is 1. The van der Waals surface area contributed by atoms with Crippen LogP contribution in [0.15, 0.2) is 41.6 Å². The number of aromatic amines is 1. The molecule has 0 aliphatic heterocycles. The second kappa shape index (κ2) is 5.68. The number of hydrogen-bond acceptors (Lipinski definition) is 5. The van der Waals surface area contributed by atoms with Gasteiger partial charge < -0.3 is 20.0 Å². The number of anilines is 1. The Kier molecular flexibility index (Phi) is 3.57. The van der Waals surface area contributed by atoms with Crippen LogP contribution in [0.5, 0.6) is 0 Å². The highest BCUT2D eigenvalue weighted by Gasteiger charge is 2.11. The van der Waals surface area contributed by atoms with Crippen molar-refractivity contribution in [3.63, 3.8) is 0 Å². The fourth-order valence-electron chi connectivity index (χ4n) is 2.14. The van der Waals surface area contributed by atoms with E-state index in [1.54, 1.807) is 22.9 Å². The largest absolute Gasteiger partial charge is 0.477 e. The van der Waals surface area contributed by atoms with Gasteiger partial charge in [0, 0.05) is 25.4 Å². The Morgan fingerprint density at radius 2 is 2.23 bits per heavy atom. The van der Waals surface area contributed by atoms with Crippen molar-refractivity contribution in [3.8, 4) is 0 Å². The topological polar surface area (TPSA) is 113 Å². The van der Waals surface area contributed by atoms with Gasteiger partial charge in [-0.3, -0.25) is 4.79 Å². The molecule has 0 aliphatic rings. The molecule has 0 bridgehead atoms. The van der Waals surface area contributed by atoms with Crippen LogP contribution >= 0.6 is 0 Å². The zero-order valence-electron chi connectivity index (χ0n) is 11.5. The number of rotatable bonds is 5. The first kappa shape index (κ1) is 13.8. The molecule has 0 amide bonds. The predicted molar refractivity (Wildman–Crippen MR) is 80.0 cm³/mol. The van der Waals surface area contributed by atoms with Crippen LogP contribution in [0.4, 0.5) is 5.82 Å². The Balaban J connectivity index is 1.78. The van der Waals surface area contributed by atoms with Crippen LogP contribution < -0.4 is 10.9 Å². The van der Waals surface area contributed by atoms with E-state index in [0.717, 1.165) is 0 Å². The highest BCUT2D eigenvalue weighted by molar-refractivity contribution is 5.96. The fraction of sp³-hybridized carbons (Fsp3) is 0.143. The molecule has 3 heterocycles. The minimum absolute atomic E-state index is 0.0535. The number of pyridine rings is 1. The molecule has 8 heteroatoms. The second-order valence-corrected chi connectivity index (χ2v) is 4.63. The van der Waals surface area contributed by atoms with Crippen LogP contribution in [0.2, 0.25) is 0 Å². The zero-order chi connectivity index (χ0) is 15.5. The molecule has 3 N–H and O–H groups in total. The van der Waals surface area contributed by atoms with E-state index in [-0.39, 0.29) is 11.3 Å². The molecule has 0 fully saturated rings. The van der Waals surface area contributed by atoms with Crippen LogP contribution in [0.3, 0.4) is 0 Å². The van der Waals surface area contributed by atoms with Crippen LogP contribution in [-0.4, -0.2) is 37.1 Å². The summed E-state index contributed by atoms with van der Waals surface area (Å²) in [6.07, 6.45) is 3.06. The SMILES string of the molecule is O=C(O)c1cc2c(NCCn3ccccc3=O)ncnc2[nH]1. The minimum Gasteiger partial charge on any atom is -0.477 e. The van der Waals surface area contributed by atoms with Gasteiger partial charge in [-0.05, 0) is 12.1 Å². The number of carboxylic acids is 1. The second-order valence-electron chi connectivity index (χ2n) is 4.63. The van der Waals surface area contributed by atoms with E-state index in [2.05, 4.69) is 20.3 Å². The highest BCUT2D eigenvalue weighted by Crippen LogP contribution is 2.19. The van der Waals surface area contributed by atoms with Crippen molar-refractivity contribution in [3.05, 3.63) is 52.8 Å². The van der Waals surface area contributed by atoms with E-state index < -0.39 is 5.97 Å². The molecule has 0 radical (unpaired) electrons. The lowest BCUT2D eigenvalue weighted by Gasteiger charge is -2.08. The predicted octanol–water partition coefficient (Wildman–Crippen LogP) is 0.930. The van der Waals surface area contributed by atoms with Crippen LogP contribution in [0.25, 0.3) is 11.0 Å². The molecule has 0 spiro atoms. The molecule has 22 heavy (non-hydrogen) atoms. The van der Waals surface area contributed by atoms with Gasteiger partial charge in [0.15, 0.2) is 0 Å². The number of aromatic nitrogens is 4. The van der Waals surface area contributed by atoms with E-state index in [9.17, 15) is 9.59 Å². The molecular weight excluding hydrogens is 286 g/mol. The van der Waals surface area contributed by atoms with E-state index in [1.807, 2.05) is 0 Å². The van der Waals surface area contributed by atoms with Gasteiger partial charge in [0.1, 0.15) is 23.5 Å². The molecular formula is C14H13N5O3. The first-order valence-electron chi connectivity index (χ1n) is 6.61. The van der Waals surface area contributed by atoms with Gasteiger partial charge in [0.2, 0.25) is 0 Å². The van der Waals surface area contributed by atoms with Crippen molar-refractivity contribution in [2.75, 3.05) is 11.9 Å². The summed E-state index contributed by atoms with van der Waals surface area (Å²) in [6, 6.07) is 6.45. The van der Waals surface area contributed by atoms with Crippen molar-refractivity contribution in [1.82, 2.24) is 19.5 Å². The Morgan fingerprint density at radius 3 is 3.00 bits per heavy atom. The average Bonchev–Trinajstić information content (AvgIpc) is 2.94. The van der Waals surface area contributed by atoms with Gasteiger partial charge in [-0.25, -0.2) is 14.8 Å². The third kappa shape index (κ3) is 2.66. The first-order chi connectivity index (χ1) is 10.6. The average molecular weight is 299 g/mol. The molecule has 112 valence electrons. The van der Waals surface area contributed by atoms with Crippen molar-refractivity contribution in [2.45, 2.75) is 6.54 Å². The summed E-state index contributed by atoms with van der Waals surface area (Å²) in [5.41, 5.74) is 0.427. The number of nitrogens with one attached hydrogen (secondary N) is 2. The van der Waals surface area contributed by atoms with Crippen molar-refractivity contribution in [2.24, 2.45) is 0 Å². The van der Waals surface area contributed by atoms with E-state index in [0.29, 0.717) is 29.9 Å². The lowest BCUT2D eigenvalue weighted by atomic mass is 10.3. The summed E-state index contributed by atoms with van der Waals surface area (Å²) >= 11 is 0. The highest BCUT2D eigenvalue weighted by atomic mass is 16.4. The van der Waals surface area contributed by atoms with Crippen molar-refractivity contribution < 1.29 is 9.90 Å². The van der Waals surface area contributed by atoms with Crippen molar-refractivity contribution in [1.29, 1.82) is 0 Å². The van der Waals surface area contributed by atoms with E-state index >= 15 is 0 Å². The summed E-state index contributed by atoms with van der Waals surface area (Å²) in [7, 11) is 0. The van der Waals surface area contributed by atoms with Crippen LogP contribution in [-0.2, 0) is 6.54 Å². The van der Waals surface area contributed by atoms with E-state index in [1.165, 1.54) is 18.5 Å². The maximum atomic E-state index is 11.6. The third-order valence-corrected chi connectivity index (χ3v) is 3.20. The molecule has 0 atom stereocenters. The molecule has 0 aromatic carbocycles. The third-order valence-electron chi connectivity index (χ3n) is 3.20. The summed E-state index contributed by atoms with van der Waals surface area (Å²) in [6.45, 7) is 0.949. The molecule has 0 saturated heterocycles. The number of carboxylic acid groups (broad SMARTS) is 1. The standard InChI is InChI=1S/C14H13N5O3/c20-11-3-1-2-5-19(11)6-4-15-12-9-7-10(14(21)22)18-13(9)17-8-16-12/h1-3,5,7-8H,4,6H2,(H,21,22)(H2,15,16,17,18). The minimum atomic E-state index is -1.06. The van der Waals surface area contributed by atoms with Gasteiger partial charge in [-0.1, -0.05) is 6.07 Å². The van der Waals surface area contributed by atoms with E-state index in [4.69, 9.17) is 5.11 Å². The van der Waals surface area contributed by atoms with Crippen molar-refractivity contribution >= 4 is 22.8 Å². The summed E-state index contributed by atoms with van der Waals surface area (Å²) in [4.78, 5) is 33.4. The monoisotopic (exact) mass is 299 g/mol. The Morgan fingerprint density at radius 1 is 1.36 bits per heavy atom. The van der Waals surface area contributed by atoms with Gasteiger partial charge in [0.05, 0.1) is 5.39 Å². The van der Waals surface area contributed by atoms with Gasteiger partial charge in [-0.15, -0.1) is 0 Å². The number of H-pyrrole nitrogens is 1. The summed E-state index contributed by atoms with van der Waals surface area (Å²) in [5.74, 6) is -0.530. The van der Waals surface area contributed by atoms with Crippen LogP contribution in [0, 0.1) is 0 Å². The zero-order valence-corrected chi connectivity index (χ0v) is 11.5. The number of nitrogens with zero attached hydrogens (tertiary/aromatic N) is 3. The summed E-state index contributed by atoms with van der Waals surface area (Å²) < 4.78 is 1.57.